The third kappa shape index (κ3) is 1.76. The molecule has 3 aromatic heterocycles. The van der Waals surface area contributed by atoms with Gasteiger partial charge >= 0.3 is 0 Å². The monoisotopic (exact) mass is 279 g/mol. The van der Waals surface area contributed by atoms with Gasteiger partial charge in [0.1, 0.15) is 17.3 Å². The van der Waals surface area contributed by atoms with Crippen molar-refractivity contribution in [2.24, 2.45) is 5.73 Å². The molecule has 0 fully saturated rings. The van der Waals surface area contributed by atoms with Gasteiger partial charge < -0.3 is 5.73 Å². The van der Waals surface area contributed by atoms with Crippen molar-refractivity contribution in [1.82, 2.24) is 14.8 Å². The van der Waals surface area contributed by atoms with E-state index in [1.807, 2.05) is 0 Å². The Balaban J connectivity index is 2.38. The summed E-state index contributed by atoms with van der Waals surface area (Å²) in [6.45, 7) is 0. The van der Waals surface area contributed by atoms with E-state index in [0.29, 0.717) is 0 Å². The maximum atomic E-state index is 13.6. The number of hydrogen-bond donors (Lipinski definition) is 2. The van der Waals surface area contributed by atoms with Crippen LogP contribution in [0.1, 0.15) is 5.69 Å². The lowest BCUT2D eigenvalue weighted by Gasteiger charge is -1.98. The van der Waals surface area contributed by atoms with Gasteiger partial charge in [0.2, 0.25) is 0 Å². The van der Waals surface area contributed by atoms with Crippen LogP contribution in [0.5, 0.6) is 0 Å². The van der Waals surface area contributed by atoms with E-state index in [2.05, 4.69) is 10.1 Å². The smallest absolute Gasteiger partial charge is 0.164 e. The van der Waals surface area contributed by atoms with Crippen molar-refractivity contribution in [3.05, 3.63) is 41.0 Å². The molecule has 0 aliphatic rings. The van der Waals surface area contributed by atoms with Crippen LogP contribution < -0.4 is 5.73 Å². The first-order valence-electron chi connectivity index (χ1n) is 5.20. The number of halogens is 2. The highest BCUT2D eigenvalue weighted by Crippen LogP contribution is 2.25. The number of amidine groups is 1. The first-order valence-corrected chi connectivity index (χ1v) is 6.08. The standard InChI is InChI=1S/C11H7F2N5S/c12-5-3-6-8(9(14)15)17-18(10(6)16-4-5)11-7(13)1-2-19-11/h1-4H,(H3,14,15). The van der Waals surface area contributed by atoms with Crippen LogP contribution in [0.3, 0.4) is 0 Å². The average Bonchev–Trinajstić information content (AvgIpc) is 2.92. The predicted octanol–water partition coefficient (Wildman–Crippen LogP) is 2.04. The van der Waals surface area contributed by atoms with Gasteiger partial charge in [-0.05, 0) is 17.5 Å². The number of fused-ring (bicyclic) bond motifs is 1. The van der Waals surface area contributed by atoms with Crippen LogP contribution in [0.25, 0.3) is 16.0 Å². The molecule has 0 saturated carbocycles. The highest BCUT2D eigenvalue weighted by Gasteiger charge is 2.18. The second-order valence-electron chi connectivity index (χ2n) is 3.77. The second kappa shape index (κ2) is 4.09. The lowest BCUT2D eigenvalue weighted by atomic mass is 10.2. The van der Waals surface area contributed by atoms with E-state index in [4.69, 9.17) is 11.1 Å². The lowest BCUT2D eigenvalue weighted by molar-refractivity contribution is 0.618. The Bertz CT molecular complexity index is 792. The van der Waals surface area contributed by atoms with Crippen molar-refractivity contribution in [3.63, 3.8) is 0 Å². The van der Waals surface area contributed by atoms with E-state index in [0.717, 1.165) is 17.5 Å². The molecule has 0 atom stereocenters. The number of nitrogens with zero attached hydrogens (tertiary/aromatic N) is 3. The highest BCUT2D eigenvalue weighted by atomic mass is 32.1. The lowest BCUT2D eigenvalue weighted by Crippen LogP contribution is -2.12. The minimum atomic E-state index is -0.568. The van der Waals surface area contributed by atoms with Gasteiger partial charge in [0.15, 0.2) is 16.5 Å². The molecular formula is C11H7F2N5S. The Kier molecular flexibility index (Phi) is 2.53. The van der Waals surface area contributed by atoms with Crippen molar-refractivity contribution >= 4 is 28.2 Å². The van der Waals surface area contributed by atoms with Gasteiger partial charge in [-0.15, -0.1) is 11.3 Å². The van der Waals surface area contributed by atoms with Crippen molar-refractivity contribution in [2.75, 3.05) is 0 Å². The molecule has 3 N–H and O–H groups in total. The van der Waals surface area contributed by atoms with Gasteiger partial charge in [0.05, 0.1) is 11.6 Å². The number of rotatable bonds is 2. The van der Waals surface area contributed by atoms with Crippen LogP contribution in [0.2, 0.25) is 0 Å². The second-order valence-corrected chi connectivity index (χ2v) is 4.67. The number of aromatic nitrogens is 3. The average molecular weight is 279 g/mol. The maximum absolute atomic E-state index is 13.6. The summed E-state index contributed by atoms with van der Waals surface area (Å²) in [5, 5.41) is 13.5. The zero-order valence-corrected chi connectivity index (χ0v) is 10.2. The predicted molar refractivity (Wildman–Crippen MR) is 67.7 cm³/mol. The molecule has 3 heterocycles. The number of pyridine rings is 1. The molecular weight excluding hydrogens is 272 g/mol. The van der Waals surface area contributed by atoms with Crippen LogP contribution in [0.4, 0.5) is 8.78 Å². The van der Waals surface area contributed by atoms with Gasteiger partial charge in [0, 0.05) is 0 Å². The first-order chi connectivity index (χ1) is 9.08. The van der Waals surface area contributed by atoms with E-state index in [9.17, 15) is 8.78 Å². The SMILES string of the molecule is N=C(N)c1nn(-c2sccc2F)c2ncc(F)cc12. The van der Waals surface area contributed by atoms with Crippen LogP contribution in [-0.2, 0) is 0 Å². The summed E-state index contributed by atoms with van der Waals surface area (Å²) in [6.07, 6.45) is 1.01. The zero-order valence-electron chi connectivity index (χ0n) is 9.39. The summed E-state index contributed by atoms with van der Waals surface area (Å²) in [5.74, 6) is -1.36. The van der Waals surface area contributed by atoms with Crippen molar-refractivity contribution < 1.29 is 8.78 Å². The molecule has 0 bridgehead atoms. The third-order valence-corrected chi connectivity index (χ3v) is 3.40. The van der Waals surface area contributed by atoms with Gasteiger partial charge in [-0.25, -0.2) is 18.4 Å². The number of thiophene rings is 1. The Morgan fingerprint density at radius 2 is 2.21 bits per heavy atom. The summed E-state index contributed by atoms with van der Waals surface area (Å²) in [7, 11) is 0. The van der Waals surface area contributed by atoms with E-state index >= 15 is 0 Å². The molecule has 3 rings (SSSR count). The molecule has 0 spiro atoms. The van der Waals surface area contributed by atoms with Crippen LogP contribution >= 0.6 is 11.3 Å². The number of nitrogens with two attached hydrogens (primary N) is 1. The Morgan fingerprint density at radius 3 is 2.84 bits per heavy atom. The van der Waals surface area contributed by atoms with Gasteiger partial charge in [-0.1, -0.05) is 0 Å². The molecule has 0 aromatic carbocycles. The molecule has 5 nitrogen and oxygen atoms in total. The maximum Gasteiger partial charge on any atom is 0.164 e. The van der Waals surface area contributed by atoms with E-state index in [1.165, 1.54) is 16.8 Å². The fourth-order valence-corrected chi connectivity index (χ4v) is 2.48. The zero-order chi connectivity index (χ0) is 13.6. The van der Waals surface area contributed by atoms with Gasteiger partial charge in [0.25, 0.3) is 0 Å². The molecule has 0 saturated heterocycles. The van der Waals surface area contributed by atoms with Gasteiger partial charge in [-0.2, -0.15) is 5.10 Å². The molecule has 96 valence electrons. The summed E-state index contributed by atoms with van der Waals surface area (Å²) in [6, 6.07) is 2.47. The quantitative estimate of drug-likeness (QED) is 0.556. The van der Waals surface area contributed by atoms with Crippen molar-refractivity contribution in [2.45, 2.75) is 0 Å². The highest BCUT2D eigenvalue weighted by molar-refractivity contribution is 7.12. The summed E-state index contributed by atoms with van der Waals surface area (Å²) in [5.41, 5.74) is 5.74. The summed E-state index contributed by atoms with van der Waals surface area (Å²) in [4.78, 5) is 3.89. The van der Waals surface area contributed by atoms with E-state index in [-0.39, 0.29) is 27.6 Å². The molecule has 0 radical (unpaired) electrons. The first kappa shape index (κ1) is 11.7. The molecule has 0 amide bonds. The molecule has 0 unspecified atom stereocenters. The van der Waals surface area contributed by atoms with Crippen LogP contribution in [0.15, 0.2) is 23.7 Å². The number of nitrogen functional groups attached to an aromatic ring is 1. The van der Waals surface area contributed by atoms with E-state index < -0.39 is 11.6 Å². The van der Waals surface area contributed by atoms with Crippen molar-refractivity contribution in [1.29, 1.82) is 5.41 Å². The molecule has 0 aliphatic heterocycles. The largest absolute Gasteiger partial charge is 0.382 e. The normalized spacial score (nSPS) is 11.1. The minimum Gasteiger partial charge on any atom is -0.382 e. The topological polar surface area (TPSA) is 80.6 Å². The minimum absolute atomic E-state index is 0.0785. The Labute approximate surface area is 109 Å². The van der Waals surface area contributed by atoms with Crippen LogP contribution in [0, 0.1) is 17.0 Å². The summed E-state index contributed by atoms with van der Waals surface area (Å²) >= 11 is 1.13. The molecule has 19 heavy (non-hydrogen) atoms. The number of nitrogens with one attached hydrogen (secondary N) is 1. The molecule has 0 aliphatic carbocycles. The Hall–Kier alpha value is -2.35. The molecule has 8 heteroatoms. The third-order valence-electron chi connectivity index (χ3n) is 2.53. The fourth-order valence-electron chi connectivity index (χ4n) is 1.75. The van der Waals surface area contributed by atoms with Crippen molar-refractivity contribution in [3.8, 4) is 5.00 Å². The van der Waals surface area contributed by atoms with Crippen LogP contribution in [-0.4, -0.2) is 20.6 Å². The summed E-state index contributed by atoms with van der Waals surface area (Å²) < 4.78 is 28.1. The number of hydrogen-bond acceptors (Lipinski definition) is 4. The molecule has 3 aromatic rings. The van der Waals surface area contributed by atoms with Gasteiger partial charge in [-0.3, -0.25) is 5.41 Å². The Morgan fingerprint density at radius 1 is 1.42 bits per heavy atom. The van der Waals surface area contributed by atoms with E-state index in [1.54, 1.807) is 5.38 Å². The fraction of sp³-hybridized carbons (Fsp3) is 0.